The molecule has 1 aliphatic carbocycles. The van der Waals surface area contributed by atoms with Gasteiger partial charge in [-0.05, 0) is 57.5 Å². The zero-order valence-corrected chi connectivity index (χ0v) is 10.8. The third-order valence-corrected chi connectivity index (χ3v) is 4.22. The summed E-state index contributed by atoms with van der Waals surface area (Å²) in [4.78, 5) is 0. The number of alkyl halides is 1. The molecule has 94 valence electrons. The topological polar surface area (TPSA) is 21.3 Å². The molecule has 0 aromatic rings. The minimum atomic E-state index is 0.429. The Morgan fingerprint density at radius 2 is 2.12 bits per heavy atom. The van der Waals surface area contributed by atoms with E-state index in [4.69, 9.17) is 16.3 Å². The molecule has 2 aliphatic rings. The van der Waals surface area contributed by atoms with Crippen molar-refractivity contribution in [2.45, 2.75) is 56.4 Å². The Hall–Kier alpha value is 0.210. The van der Waals surface area contributed by atoms with Gasteiger partial charge in [-0.1, -0.05) is 6.42 Å². The highest BCUT2D eigenvalue weighted by molar-refractivity contribution is 6.20. The van der Waals surface area contributed by atoms with Crippen molar-refractivity contribution >= 4 is 11.6 Å². The van der Waals surface area contributed by atoms with Gasteiger partial charge in [0.25, 0.3) is 0 Å². The summed E-state index contributed by atoms with van der Waals surface area (Å²) < 4.78 is 5.60. The molecule has 3 heteroatoms. The zero-order chi connectivity index (χ0) is 11.2. The van der Waals surface area contributed by atoms with Gasteiger partial charge < -0.3 is 10.1 Å². The number of rotatable bonds is 5. The second-order valence-corrected chi connectivity index (χ2v) is 5.87. The molecule has 0 aromatic carbocycles. The van der Waals surface area contributed by atoms with E-state index in [1.807, 2.05) is 0 Å². The largest absolute Gasteiger partial charge is 0.378 e. The number of ether oxygens (including phenoxy) is 1. The fourth-order valence-electron chi connectivity index (χ4n) is 2.85. The van der Waals surface area contributed by atoms with Crippen LogP contribution < -0.4 is 5.32 Å². The van der Waals surface area contributed by atoms with Crippen LogP contribution >= 0.6 is 11.6 Å². The van der Waals surface area contributed by atoms with Gasteiger partial charge in [0.15, 0.2) is 0 Å². The van der Waals surface area contributed by atoms with E-state index in [0.29, 0.717) is 11.5 Å². The van der Waals surface area contributed by atoms with Crippen molar-refractivity contribution in [3.05, 3.63) is 0 Å². The maximum Gasteiger partial charge on any atom is 0.0588 e. The molecule has 0 aromatic heterocycles. The van der Waals surface area contributed by atoms with Gasteiger partial charge in [-0.25, -0.2) is 0 Å². The van der Waals surface area contributed by atoms with Crippen LogP contribution in [0.4, 0.5) is 0 Å². The molecular formula is C13H24ClNO. The SMILES string of the molecule is ClC1CCCC(CNCCC2CCCO2)C1. The number of hydrogen-bond donors (Lipinski definition) is 1. The average Bonchev–Trinajstić information content (AvgIpc) is 2.77. The molecule has 3 atom stereocenters. The predicted molar refractivity (Wildman–Crippen MR) is 68.1 cm³/mol. The first kappa shape index (κ1) is 12.7. The Balaban J connectivity index is 1.50. The molecule has 1 aliphatic heterocycles. The first-order chi connectivity index (χ1) is 7.84. The van der Waals surface area contributed by atoms with Crippen molar-refractivity contribution < 1.29 is 4.74 Å². The average molecular weight is 246 g/mol. The molecular weight excluding hydrogens is 222 g/mol. The molecule has 2 fully saturated rings. The minimum absolute atomic E-state index is 0.429. The molecule has 3 unspecified atom stereocenters. The van der Waals surface area contributed by atoms with Crippen LogP contribution in [0.5, 0.6) is 0 Å². The summed E-state index contributed by atoms with van der Waals surface area (Å²) >= 11 is 6.18. The predicted octanol–water partition coefficient (Wildman–Crippen LogP) is 2.94. The van der Waals surface area contributed by atoms with Gasteiger partial charge in [0, 0.05) is 12.0 Å². The van der Waals surface area contributed by atoms with Gasteiger partial charge in [-0.3, -0.25) is 0 Å². The van der Waals surface area contributed by atoms with Crippen LogP contribution in [0.25, 0.3) is 0 Å². The summed E-state index contributed by atoms with van der Waals surface area (Å²) in [5.41, 5.74) is 0. The van der Waals surface area contributed by atoms with Crippen LogP contribution in [0.15, 0.2) is 0 Å². The van der Waals surface area contributed by atoms with Gasteiger partial charge in [0.1, 0.15) is 0 Å². The summed E-state index contributed by atoms with van der Waals surface area (Å²) in [6.45, 7) is 3.23. The number of halogens is 1. The summed E-state index contributed by atoms with van der Waals surface area (Å²) in [5, 5.41) is 3.99. The highest BCUT2D eigenvalue weighted by Crippen LogP contribution is 2.27. The molecule has 2 nitrogen and oxygen atoms in total. The van der Waals surface area contributed by atoms with E-state index in [1.54, 1.807) is 0 Å². The van der Waals surface area contributed by atoms with E-state index in [9.17, 15) is 0 Å². The van der Waals surface area contributed by atoms with Crippen LogP contribution in [0.1, 0.15) is 44.9 Å². The highest BCUT2D eigenvalue weighted by atomic mass is 35.5. The second kappa shape index (κ2) is 6.83. The maximum atomic E-state index is 6.18. The van der Waals surface area contributed by atoms with Crippen molar-refractivity contribution in [2.75, 3.05) is 19.7 Å². The standard InChI is InChI=1S/C13H24ClNO/c14-12-4-1-3-11(9-12)10-15-7-6-13-5-2-8-16-13/h11-13,15H,1-10H2. The summed E-state index contributed by atoms with van der Waals surface area (Å²) in [7, 11) is 0. The van der Waals surface area contributed by atoms with Crippen molar-refractivity contribution in [3.63, 3.8) is 0 Å². The third-order valence-electron chi connectivity index (χ3n) is 3.82. The highest BCUT2D eigenvalue weighted by Gasteiger charge is 2.20. The van der Waals surface area contributed by atoms with Crippen LogP contribution in [-0.2, 0) is 4.74 Å². The molecule has 1 heterocycles. The van der Waals surface area contributed by atoms with Crippen molar-refractivity contribution in [2.24, 2.45) is 5.92 Å². The molecule has 0 radical (unpaired) electrons. The first-order valence-electron chi connectivity index (χ1n) is 6.81. The minimum Gasteiger partial charge on any atom is -0.378 e. The van der Waals surface area contributed by atoms with Crippen molar-refractivity contribution in [1.29, 1.82) is 0 Å². The molecule has 0 spiro atoms. The lowest BCUT2D eigenvalue weighted by Gasteiger charge is -2.25. The monoisotopic (exact) mass is 245 g/mol. The van der Waals surface area contributed by atoms with Crippen LogP contribution in [0.2, 0.25) is 0 Å². The van der Waals surface area contributed by atoms with E-state index in [-0.39, 0.29) is 0 Å². The summed E-state index contributed by atoms with van der Waals surface area (Å²) in [6.07, 6.45) is 9.30. The van der Waals surface area contributed by atoms with E-state index in [2.05, 4.69) is 5.32 Å². The molecule has 0 bridgehead atoms. The molecule has 16 heavy (non-hydrogen) atoms. The summed E-state index contributed by atoms with van der Waals surface area (Å²) in [6, 6.07) is 0. The molecule has 1 saturated heterocycles. The Kier molecular flexibility index (Phi) is 5.40. The fourth-order valence-corrected chi connectivity index (χ4v) is 3.26. The van der Waals surface area contributed by atoms with E-state index < -0.39 is 0 Å². The quantitative estimate of drug-likeness (QED) is 0.594. The smallest absolute Gasteiger partial charge is 0.0588 e. The Morgan fingerprint density at radius 1 is 1.19 bits per heavy atom. The number of nitrogens with one attached hydrogen (secondary N) is 1. The van der Waals surface area contributed by atoms with Crippen LogP contribution in [0.3, 0.4) is 0 Å². The lowest BCUT2D eigenvalue weighted by Crippen LogP contribution is -2.29. The zero-order valence-electron chi connectivity index (χ0n) is 10.1. The summed E-state index contributed by atoms with van der Waals surface area (Å²) in [5.74, 6) is 0.806. The van der Waals surface area contributed by atoms with Crippen LogP contribution in [0, 0.1) is 5.92 Å². The van der Waals surface area contributed by atoms with Gasteiger partial charge in [-0.15, -0.1) is 11.6 Å². The van der Waals surface area contributed by atoms with Gasteiger partial charge in [-0.2, -0.15) is 0 Å². The van der Waals surface area contributed by atoms with Crippen molar-refractivity contribution in [3.8, 4) is 0 Å². The van der Waals surface area contributed by atoms with E-state index >= 15 is 0 Å². The number of hydrogen-bond acceptors (Lipinski definition) is 2. The maximum absolute atomic E-state index is 6.18. The lowest BCUT2D eigenvalue weighted by atomic mass is 9.89. The molecule has 0 amide bonds. The second-order valence-electron chi connectivity index (χ2n) is 5.26. The third kappa shape index (κ3) is 4.23. The Bertz CT molecular complexity index is 194. The van der Waals surface area contributed by atoms with Gasteiger partial charge >= 0.3 is 0 Å². The fraction of sp³-hybridized carbons (Fsp3) is 1.00. The van der Waals surface area contributed by atoms with Crippen LogP contribution in [-0.4, -0.2) is 31.2 Å². The van der Waals surface area contributed by atoms with Gasteiger partial charge in [0.05, 0.1) is 6.10 Å². The molecule has 1 N–H and O–H groups in total. The lowest BCUT2D eigenvalue weighted by molar-refractivity contribution is 0.104. The first-order valence-corrected chi connectivity index (χ1v) is 7.24. The Labute approximate surface area is 104 Å². The normalized spacial score (nSPS) is 35.4. The van der Waals surface area contributed by atoms with Gasteiger partial charge in [0.2, 0.25) is 0 Å². The molecule has 1 saturated carbocycles. The van der Waals surface area contributed by atoms with Crippen molar-refractivity contribution in [1.82, 2.24) is 5.32 Å². The van der Waals surface area contributed by atoms with E-state index in [0.717, 1.165) is 25.6 Å². The molecule has 2 rings (SSSR count). The van der Waals surface area contributed by atoms with E-state index in [1.165, 1.54) is 44.9 Å². The Morgan fingerprint density at radius 3 is 2.88 bits per heavy atom.